The monoisotopic (exact) mass is 263 g/mol. The normalized spacial score (nSPS) is 41.5. The lowest BCUT2D eigenvalue weighted by Gasteiger charge is -2.53. The number of hydrogen-bond donors (Lipinski definition) is 1. The Morgan fingerprint density at radius 3 is 2.28 bits per heavy atom. The first-order valence-corrected chi connectivity index (χ1v) is 8.17. The summed E-state index contributed by atoms with van der Waals surface area (Å²) in [5.41, 5.74) is 5.60. The van der Waals surface area contributed by atoms with E-state index in [4.69, 9.17) is 5.73 Å². The van der Waals surface area contributed by atoms with Crippen LogP contribution in [0.4, 0.5) is 0 Å². The van der Waals surface area contributed by atoms with Gasteiger partial charge in [-0.15, -0.1) is 21.5 Å². The van der Waals surface area contributed by atoms with Crippen molar-refractivity contribution in [1.82, 2.24) is 10.2 Å². The van der Waals surface area contributed by atoms with Gasteiger partial charge in [0.05, 0.1) is 0 Å². The van der Waals surface area contributed by atoms with Gasteiger partial charge in [0.15, 0.2) is 0 Å². The van der Waals surface area contributed by atoms with Crippen LogP contribution in [0.5, 0.6) is 0 Å². The molecule has 4 saturated carbocycles. The number of nitrogens with two attached hydrogens (primary N) is 1. The molecule has 4 fully saturated rings. The molecule has 1 aromatic rings. The topological polar surface area (TPSA) is 51.8 Å². The Morgan fingerprint density at radius 2 is 1.67 bits per heavy atom. The average Bonchev–Trinajstić information content (AvgIpc) is 2.76. The molecule has 0 spiro atoms. The quantitative estimate of drug-likeness (QED) is 0.912. The van der Waals surface area contributed by atoms with Gasteiger partial charge in [-0.1, -0.05) is 0 Å². The summed E-state index contributed by atoms with van der Waals surface area (Å²) in [6, 6.07) is 0. The molecule has 18 heavy (non-hydrogen) atoms. The molecule has 0 aromatic carbocycles. The zero-order valence-corrected chi connectivity index (χ0v) is 11.5. The third kappa shape index (κ3) is 1.73. The molecule has 4 bridgehead atoms. The van der Waals surface area contributed by atoms with Crippen molar-refractivity contribution >= 4 is 11.3 Å². The third-order valence-corrected chi connectivity index (χ3v) is 6.44. The van der Waals surface area contributed by atoms with Crippen LogP contribution in [0.15, 0.2) is 0 Å². The highest BCUT2D eigenvalue weighted by Crippen LogP contribution is 2.59. The molecule has 0 amide bonds. The molecule has 3 nitrogen and oxygen atoms in total. The molecule has 5 rings (SSSR count). The first-order valence-electron chi connectivity index (χ1n) is 7.36. The van der Waals surface area contributed by atoms with Crippen LogP contribution in [-0.2, 0) is 6.42 Å². The molecular formula is C14H21N3S. The first-order chi connectivity index (χ1) is 8.83. The summed E-state index contributed by atoms with van der Waals surface area (Å²) in [6.07, 6.45) is 8.26. The second kappa shape index (κ2) is 4.27. The van der Waals surface area contributed by atoms with Crippen molar-refractivity contribution in [3.63, 3.8) is 0 Å². The van der Waals surface area contributed by atoms with Crippen LogP contribution in [0.2, 0.25) is 0 Å². The van der Waals surface area contributed by atoms with Crippen molar-refractivity contribution in [3.05, 3.63) is 10.0 Å². The Morgan fingerprint density at radius 1 is 1.00 bits per heavy atom. The van der Waals surface area contributed by atoms with Crippen LogP contribution in [0.3, 0.4) is 0 Å². The van der Waals surface area contributed by atoms with Crippen LogP contribution in [0.1, 0.15) is 48.0 Å². The van der Waals surface area contributed by atoms with Crippen molar-refractivity contribution in [2.45, 2.75) is 44.4 Å². The summed E-state index contributed by atoms with van der Waals surface area (Å²) >= 11 is 1.83. The fraction of sp³-hybridized carbons (Fsp3) is 0.857. The zero-order valence-electron chi connectivity index (χ0n) is 10.7. The smallest absolute Gasteiger partial charge is 0.121 e. The maximum Gasteiger partial charge on any atom is 0.121 e. The largest absolute Gasteiger partial charge is 0.330 e. The maximum absolute atomic E-state index is 5.60. The molecule has 0 saturated heterocycles. The number of rotatable bonds is 3. The Bertz CT molecular complexity index is 414. The van der Waals surface area contributed by atoms with E-state index in [9.17, 15) is 0 Å². The van der Waals surface area contributed by atoms with Gasteiger partial charge in [0.1, 0.15) is 10.0 Å². The van der Waals surface area contributed by atoms with Crippen LogP contribution in [0.25, 0.3) is 0 Å². The van der Waals surface area contributed by atoms with Gasteiger partial charge in [0.2, 0.25) is 0 Å². The lowest BCUT2D eigenvalue weighted by molar-refractivity contribution is -0.00303. The van der Waals surface area contributed by atoms with Crippen molar-refractivity contribution in [3.8, 4) is 0 Å². The number of aromatic nitrogens is 2. The maximum atomic E-state index is 5.60. The molecule has 2 N–H and O–H groups in total. The molecule has 0 aliphatic heterocycles. The summed E-state index contributed by atoms with van der Waals surface area (Å²) in [5.74, 6) is 4.65. The second-order valence-electron chi connectivity index (χ2n) is 6.53. The highest BCUT2D eigenvalue weighted by atomic mass is 32.1. The van der Waals surface area contributed by atoms with E-state index in [0.717, 1.165) is 41.0 Å². The SMILES string of the molecule is NCCc1nnc(C2C3CC4CC(C3)CC2C4)s1. The Labute approximate surface area is 112 Å². The molecule has 0 atom stereocenters. The van der Waals surface area contributed by atoms with Gasteiger partial charge in [-0.05, 0) is 62.3 Å². The van der Waals surface area contributed by atoms with Crippen molar-refractivity contribution < 1.29 is 0 Å². The molecule has 0 radical (unpaired) electrons. The van der Waals surface area contributed by atoms with E-state index >= 15 is 0 Å². The molecule has 4 heteroatoms. The van der Waals surface area contributed by atoms with Crippen molar-refractivity contribution in [2.75, 3.05) is 6.54 Å². The molecule has 4 aliphatic carbocycles. The summed E-state index contributed by atoms with van der Waals surface area (Å²) < 4.78 is 0. The summed E-state index contributed by atoms with van der Waals surface area (Å²) in [5, 5.41) is 11.3. The summed E-state index contributed by atoms with van der Waals surface area (Å²) in [7, 11) is 0. The van der Waals surface area contributed by atoms with Gasteiger partial charge in [-0.2, -0.15) is 0 Å². The number of nitrogens with zero attached hydrogens (tertiary/aromatic N) is 2. The van der Waals surface area contributed by atoms with E-state index in [0.29, 0.717) is 6.54 Å². The van der Waals surface area contributed by atoms with Gasteiger partial charge in [0.25, 0.3) is 0 Å². The van der Waals surface area contributed by atoms with E-state index < -0.39 is 0 Å². The molecular weight excluding hydrogens is 242 g/mol. The highest BCUT2D eigenvalue weighted by molar-refractivity contribution is 7.11. The zero-order chi connectivity index (χ0) is 12.1. The molecule has 1 aromatic heterocycles. The molecule has 0 unspecified atom stereocenters. The highest BCUT2D eigenvalue weighted by Gasteiger charge is 2.49. The molecule has 1 heterocycles. The lowest BCUT2D eigenvalue weighted by Crippen LogP contribution is -2.43. The van der Waals surface area contributed by atoms with Gasteiger partial charge >= 0.3 is 0 Å². The summed E-state index contributed by atoms with van der Waals surface area (Å²) in [6.45, 7) is 0.691. The Kier molecular flexibility index (Phi) is 2.69. The lowest BCUT2D eigenvalue weighted by atomic mass is 9.52. The van der Waals surface area contributed by atoms with Gasteiger partial charge in [0, 0.05) is 12.3 Å². The van der Waals surface area contributed by atoms with E-state index in [-0.39, 0.29) is 0 Å². The minimum Gasteiger partial charge on any atom is -0.330 e. The Hall–Kier alpha value is -0.480. The first kappa shape index (κ1) is 11.4. The van der Waals surface area contributed by atoms with E-state index in [1.54, 1.807) is 0 Å². The third-order valence-electron chi connectivity index (χ3n) is 5.35. The van der Waals surface area contributed by atoms with Gasteiger partial charge < -0.3 is 5.73 Å². The fourth-order valence-electron chi connectivity index (χ4n) is 4.95. The van der Waals surface area contributed by atoms with Crippen LogP contribution in [0, 0.1) is 23.7 Å². The fourth-order valence-corrected chi connectivity index (χ4v) is 6.10. The van der Waals surface area contributed by atoms with Crippen LogP contribution in [-0.4, -0.2) is 16.7 Å². The van der Waals surface area contributed by atoms with Crippen molar-refractivity contribution in [1.29, 1.82) is 0 Å². The van der Waals surface area contributed by atoms with Crippen LogP contribution < -0.4 is 5.73 Å². The molecule has 4 aliphatic rings. The number of hydrogen-bond acceptors (Lipinski definition) is 4. The predicted molar refractivity (Wildman–Crippen MR) is 72.5 cm³/mol. The van der Waals surface area contributed by atoms with E-state index in [1.807, 2.05) is 11.3 Å². The standard InChI is InChI=1S/C14H21N3S/c15-2-1-12-16-17-14(18-12)13-10-4-8-3-9(6-10)7-11(13)5-8/h8-11,13H,1-7,15H2. The van der Waals surface area contributed by atoms with Crippen molar-refractivity contribution in [2.24, 2.45) is 29.4 Å². The summed E-state index contributed by atoms with van der Waals surface area (Å²) in [4.78, 5) is 0. The minimum atomic E-state index is 0.691. The van der Waals surface area contributed by atoms with Gasteiger partial charge in [-0.3, -0.25) is 0 Å². The Balaban J connectivity index is 1.60. The predicted octanol–water partition coefficient (Wildman–Crippen LogP) is 2.58. The van der Waals surface area contributed by atoms with E-state index in [1.165, 1.54) is 37.1 Å². The molecule has 98 valence electrons. The van der Waals surface area contributed by atoms with Gasteiger partial charge in [-0.25, -0.2) is 0 Å². The van der Waals surface area contributed by atoms with Crippen LogP contribution >= 0.6 is 11.3 Å². The second-order valence-corrected chi connectivity index (χ2v) is 7.62. The minimum absolute atomic E-state index is 0.691. The van der Waals surface area contributed by atoms with E-state index in [2.05, 4.69) is 10.2 Å². The average molecular weight is 263 g/mol.